The maximum atomic E-state index is 12.1. The van der Waals surface area contributed by atoms with Crippen molar-refractivity contribution in [1.82, 2.24) is 10.9 Å². The third-order valence-corrected chi connectivity index (χ3v) is 4.14. The number of amides is 2. The minimum absolute atomic E-state index is 0.0407. The summed E-state index contributed by atoms with van der Waals surface area (Å²) >= 11 is 0. The average molecular weight is 367 g/mol. The standard InChI is InChI=1S/C19H17N3O5/c1-2-12-3-8-16-14(11-27-17(16)9-12)10-18(23)20-21-19(24)13-4-6-15(7-5-13)22(25)26/h3-9,11H,2,10H2,1H3,(H,20,23)(H,21,24). The van der Waals surface area contributed by atoms with Gasteiger partial charge in [-0.15, -0.1) is 0 Å². The van der Waals surface area contributed by atoms with Crippen LogP contribution in [0.4, 0.5) is 5.69 Å². The molecule has 138 valence electrons. The van der Waals surface area contributed by atoms with E-state index in [2.05, 4.69) is 10.9 Å². The Balaban J connectivity index is 1.59. The highest BCUT2D eigenvalue weighted by Crippen LogP contribution is 2.23. The van der Waals surface area contributed by atoms with Gasteiger partial charge in [0.15, 0.2) is 0 Å². The highest BCUT2D eigenvalue weighted by atomic mass is 16.6. The molecule has 0 unspecified atom stereocenters. The molecule has 3 aromatic rings. The Morgan fingerprint density at radius 2 is 1.85 bits per heavy atom. The molecule has 0 fully saturated rings. The van der Waals surface area contributed by atoms with Crippen molar-refractivity contribution in [2.45, 2.75) is 19.8 Å². The van der Waals surface area contributed by atoms with Crippen molar-refractivity contribution in [3.8, 4) is 0 Å². The summed E-state index contributed by atoms with van der Waals surface area (Å²) in [5.41, 5.74) is 7.27. The van der Waals surface area contributed by atoms with E-state index in [1.165, 1.54) is 30.5 Å². The minimum Gasteiger partial charge on any atom is -0.464 e. The van der Waals surface area contributed by atoms with Gasteiger partial charge in [0, 0.05) is 28.6 Å². The van der Waals surface area contributed by atoms with Crippen molar-refractivity contribution in [3.05, 3.63) is 75.5 Å². The number of rotatable bonds is 5. The number of aryl methyl sites for hydroxylation is 1. The number of non-ortho nitro benzene ring substituents is 1. The second kappa shape index (κ2) is 7.69. The lowest BCUT2D eigenvalue weighted by Gasteiger charge is -2.07. The molecule has 8 heteroatoms. The van der Waals surface area contributed by atoms with Crippen LogP contribution in [0.1, 0.15) is 28.4 Å². The number of nitro benzene ring substituents is 1. The van der Waals surface area contributed by atoms with Gasteiger partial charge >= 0.3 is 0 Å². The van der Waals surface area contributed by atoms with Gasteiger partial charge in [-0.2, -0.15) is 0 Å². The molecule has 2 amide bonds. The number of fused-ring (bicyclic) bond motifs is 1. The molecule has 1 aromatic heterocycles. The van der Waals surface area contributed by atoms with Gasteiger partial charge in [0.2, 0.25) is 5.91 Å². The summed E-state index contributed by atoms with van der Waals surface area (Å²) in [4.78, 5) is 34.2. The van der Waals surface area contributed by atoms with Gasteiger partial charge in [-0.1, -0.05) is 19.1 Å². The maximum Gasteiger partial charge on any atom is 0.269 e. The van der Waals surface area contributed by atoms with Gasteiger partial charge in [0.25, 0.3) is 11.6 Å². The first kappa shape index (κ1) is 18.1. The molecule has 27 heavy (non-hydrogen) atoms. The second-order valence-electron chi connectivity index (χ2n) is 5.93. The Bertz CT molecular complexity index is 1010. The van der Waals surface area contributed by atoms with Gasteiger partial charge in [0.1, 0.15) is 5.58 Å². The molecule has 0 aliphatic rings. The lowest BCUT2D eigenvalue weighted by molar-refractivity contribution is -0.384. The van der Waals surface area contributed by atoms with Crippen molar-refractivity contribution < 1.29 is 18.9 Å². The fourth-order valence-electron chi connectivity index (χ4n) is 2.63. The number of nitro groups is 1. The number of carbonyl (C=O) groups is 2. The lowest BCUT2D eigenvalue weighted by atomic mass is 10.1. The molecule has 2 N–H and O–H groups in total. The molecule has 3 rings (SSSR count). The van der Waals surface area contributed by atoms with E-state index in [0.717, 1.165) is 22.9 Å². The van der Waals surface area contributed by atoms with Crippen LogP contribution in [0.25, 0.3) is 11.0 Å². The first-order valence-electron chi connectivity index (χ1n) is 8.30. The van der Waals surface area contributed by atoms with Crippen LogP contribution in [0.2, 0.25) is 0 Å². The molecule has 0 aliphatic heterocycles. The fourth-order valence-corrected chi connectivity index (χ4v) is 2.63. The first-order chi connectivity index (χ1) is 13.0. The summed E-state index contributed by atoms with van der Waals surface area (Å²) < 4.78 is 5.50. The van der Waals surface area contributed by atoms with E-state index < -0.39 is 16.7 Å². The number of furan rings is 1. The van der Waals surface area contributed by atoms with Crippen LogP contribution in [0.15, 0.2) is 53.1 Å². The van der Waals surface area contributed by atoms with Crippen molar-refractivity contribution in [2.75, 3.05) is 0 Å². The van der Waals surface area contributed by atoms with E-state index in [1.54, 1.807) is 0 Å². The third-order valence-electron chi connectivity index (χ3n) is 4.14. The Morgan fingerprint density at radius 3 is 2.52 bits per heavy atom. The molecular weight excluding hydrogens is 350 g/mol. The van der Waals surface area contributed by atoms with Gasteiger partial charge in [-0.05, 0) is 30.2 Å². The highest BCUT2D eigenvalue weighted by Gasteiger charge is 2.13. The first-order valence-corrected chi connectivity index (χ1v) is 8.30. The van der Waals surface area contributed by atoms with Crippen LogP contribution in [-0.4, -0.2) is 16.7 Å². The quantitative estimate of drug-likeness (QED) is 0.531. The highest BCUT2D eigenvalue weighted by molar-refractivity contribution is 5.96. The maximum absolute atomic E-state index is 12.1. The van der Waals surface area contributed by atoms with E-state index in [4.69, 9.17) is 4.42 Å². The number of carbonyl (C=O) groups excluding carboxylic acids is 2. The number of nitrogens with one attached hydrogen (secondary N) is 2. The molecule has 1 heterocycles. The molecule has 8 nitrogen and oxygen atoms in total. The molecule has 0 bridgehead atoms. The van der Waals surface area contributed by atoms with Gasteiger partial charge in [0.05, 0.1) is 17.6 Å². The number of hydrogen-bond acceptors (Lipinski definition) is 5. The number of benzene rings is 2. The molecular formula is C19H17N3O5. The number of hydrazine groups is 1. The molecule has 0 atom stereocenters. The van der Waals surface area contributed by atoms with Crippen LogP contribution < -0.4 is 10.9 Å². The predicted octanol–water partition coefficient (Wildman–Crippen LogP) is 2.91. The van der Waals surface area contributed by atoms with E-state index in [9.17, 15) is 19.7 Å². The molecule has 0 saturated heterocycles. The summed E-state index contributed by atoms with van der Waals surface area (Å²) in [5, 5.41) is 11.5. The molecule has 0 saturated carbocycles. The number of hydrogen-bond donors (Lipinski definition) is 2. The van der Waals surface area contributed by atoms with Gasteiger partial charge in [-0.3, -0.25) is 30.6 Å². The van der Waals surface area contributed by atoms with Crippen molar-refractivity contribution in [3.63, 3.8) is 0 Å². The van der Waals surface area contributed by atoms with Crippen molar-refractivity contribution >= 4 is 28.5 Å². The minimum atomic E-state index is -0.567. The van der Waals surface area contributed by atoms with E-state index >= 15 is 0 Å². The van der Waals surface area contributed by atoms with Crippen LogP contribution in [0, 0.1) is 10.1 Å². The average Bonchev–Trinajstić information content (AvgIpc) is 3.08. The predicted molar refractivity (Wildman–Crippen MR) is 98.0 cm³/mol. The zero-order valence-electron chi connectivity index (χ0n) is 14.5. The van der Waals surface area contributed by atoms with Crippen LogP contribution in [0.5, 0.6) is 0 Å². The fraction of sp³-hybridized carbons (Fsp3) is 0.158. The van der Waals surface area contributed by atoms with Crippen molar-refractivity contribution in [2.24, 2.45) is 0 Å². The Kier molecular flexibility index (Phi) is 5.16. The molecule has 0 spiro atoms. The summed E-state index contributed by atoms with van der Waals surface area (Å²) in [5.74, 6) is -0.976. The zero-order chi connectivity index (χ0) is 19.4. The SMILES string of the molecule is CCc1ccc2c(CC(=O)NNC(=O)c3ccc([N+](=O)[O-])cc3)coc2c1. The smallest absolute Gasteiger partial charge is 0.269 e. The topological polar surface area (TPSA) is 114 Å². The van der Waals surface area contributed by atoms with E-state index in [1.807, 2.05) is 25.1 Å². The summed E-state index contributed by atoms with van der Waals surface area (Å²) in [6.07, 6.45) is 2.46. The van der Waals surface area contributed by atoms with Crippen LogP contribution in [-0.2, 0) is 17.6 Å². The zero-order valence-corrected chi connectivity index (χ0v) is 14.5. The third kappa shape index (κ3) is 4.12. The van der Waals surface area contributed by atoms with Gasteiger partial charge < -0.3 is 4.42 Å². The Hall–Kier alpha value is -3.68. The summed E-state index contributed by atoms with van der Waals surface area (Å²) in [6.45, 7) is 2.05. The largest absolute Gasteiger partial charge is 0.464 e. The Morgan fingerprint density at radius 1 is 1.11 bits per heavy atom. The normalized spacial score (nSPS) is 10.6. The van der Waals surface area contributed by atoms with E-state index in [-0.39, 0.29) is 17.7 Å². The van der Waals surface area contributed by atoms with Gasteiger partial charge in [-0.25, -0.2) is 0 Å². The lowest BCUT2D eigenvalue weighted by Crippen LogP contribution is -2.42. The summed E-state index contributed by atoms with van der Waals surface area (Å²) in [7, 11) is 0. The second-order valence-corrected chi connectivity index (χ2v) is 5.93. The van der Waals surface area contributed by atoms with Crippen LogP contribution >= 0.6 is 0 Å². The van der Waals surface area contributed by atoms with Crippen molar-refractivity contribution in [1.29, 1.82) is 0 Å². The van der Waals surface area contributed by atoms with E-state index in [0.29, 0.717) is 5.58 Å². The molecule has 0 aliphatic carbocycles. The number of nitrogens with zero attached hydrogens (tertiary/aromatic N) is 1. The van der Waals surface area contributed by atoms with Crippen LogP contribution in [0.3, 0.4) is 0 Å². The molecule has 0 radical (unpaired) electrons. The molecule has 2 aromatic carbocycles. The Labute approximate surface area is 154 Å². The summed E-state index contributed by atoms with van der Waals surface area (Å²) in [6, 6.07) is 10.9. The monoisotopic (exact) mass is 367 g/mol.